The number of nitrogens with zero attached hydrogens (tertiary/aromatic N) is 3. The van der Waals surface area contributed by atoms with Crippen LogP contribution in [0.15, 0.2) is 49.2 Å². The average Bonchev–Trinajstić information content (AvgIpc) is 3.24. The van der Waals surface area contributed by atoms with E-state index in [1.165, 1.54) is 11.8 Å². The lowest BCUT2D eigenvalue weighted by molar-refractivity contribution is 0.391. The van der Waals surface area contributed by atoms with Crippen LogP contribution < -0.4 is 0 Å². The summed E-state index contributed by atoms with van der Waals surface area (Å²) in [7, 11) is 0. The molecule has 110 valence electrons. The quantitative estimate of drug-likeness (QED) is 0.489. The molecule has 0 fully saturated rings. The maximum absolute atomic E-state index is 5.93. The summed E-state index contributed by atoms with van der Waals surface area (Å²) in [5.41, 5.74) is 2.40. The highest BCUT2D eigenvalue weighted by Crippen LogP contribution is 2.28. The normalized spacial score (nSPS) is 11.3. The molecule has 8 heteroatoms. The summed E-state index contributed by atoms with van der Waals surface area (Å²) in [6, 6.07) is 7.30. The molecule has 0 bridgehead atoms. The van der Waals surface area contributed by atoms with Gasteiger partial charge in [0.2, 0.25) is 11.7 Å². The summed E-state index contributed by atoms with van der Waals surface area (Å²) in [5, 5.41) is 9.10. The molecule has 0 aliphatic rings. The molecule has 0 amide bonds. The van der Waals surface area contributed by atoms with E-state index in [-0.39, 0.29) is 0 Å². The first-order valence-electron chi connectivity index (χ1n) is 6.32. The van der Waals surface area contributed by atoms with Crippen molar-refractivity contribution in [1.29, 1.82) is 0 Å². The van der Waals surface area contributed by atoms with E-state index in [0.29, 0.717) is 33.3 Å². The summed E-state index contributed by atoms with van der Waals surface area (Å²) < 4.78 is 10.9. The van der Waals surface area contributed by atoms with Crippen LogP contribution in [0.3, 0.4) is 0 Å². The second kappa shape index (κ2) is 5.75. The van der Waals surface area contributed by atoms with Crippen LogP contribution in [-0.2, 0) is 5.75 Å². The van der Waals surface area contributed by atoms with Gasteiger partial charge in [-0.25, -0.2) is 4.98 Å². The lowest BCUT2D eigenvalue weighted by Gasteiger charge is -1.89. The predicted molar refractivity (Wildman–Crippen MR) is 86.2 cm³/mol. The van der Waals surface area contributed by atoms with E-state index in [0.717, 1.165) is 11.1 Å². The highest BCUT2D eigenvalue weighted by atomic mass is 35.5. The summed E-state index contributed by atoms with van der Waals surface area (Å²) in [5.74, 6) is 1.63. The second-order valence-electron chi connectivity index (χ2n) is 4.40. The van der Waals surface area contributed by atoms with Gasteiger partial charge in [-0.15, -0.1) is 0 Å². The lowest BCUT2D eigenvalue weighted by atomic mass is 10.3. The molecule has 3 aromatic heterocycles. The van der Waals surface area contributed by atoms with Gasteiger partial charge in [0.1, 0.15) is 5.52 Å². The van der Waals surface area contributed by atoms with E-state index in [4.69, 9.17) is 20.5 Å². The first-order chi connectivity index (χ1) is 10.8. The monoisotopic (exact) mass is 349 g/mol. The fraction of sp³-hybridized carbons (Fsp3) is 0.0714. The van der Waals surface area contributed by atoms with Crippen molar-refractivity contribution in [3.8, 4) is 11.4 Å². The van der Waals surface area contributed by atoms with E-state index in [9.17, 15) is 0 Å². The van der Waals surface area contributed by atoms with Gasteiger partial charge in [0.05, 0.1) is 5.75 Å². The summed E-state index contributed by atoms with van der Waals surface area (Å²) in [6.45, 7) is 0. The second-order valence-corrected chi connectivity index (χ2v) is 6.55. The molecule has 3 heterocycles. The molecule has 22 heavy (non-hydrogen) atoms. The molecule has 0 N–H and O–H groups in total. The fourth-order valence-corrected chi connectivity index (χ4v) is 3.36. The van der Waals surface area contributed by atoms with E-state index in [1.54, 1.807) is 29.5 Å². The van der Waals surface area contributed by atoms with E-state index < -0.39 is 0 Å². The van der Waals surface area contributed by atoms with Gasteiger partial charge in [-0.05, 0) is 29.6 Å². The van der Waals surface area contributed by atoms with Gasteiger partial charge in [0.25, 0.3) is 5.22 Å². The van der Waals surface area contributed by atoms with Gasteiger partial charge in [-0.3, -0.25) is 0 Å². The van der Waals surface area contributed by atoms with Crippen molar-refractivity contribution in [2.24, 2.45) is 0 Å². The number of hydrogen-bond donors (Lipinski definition) is 0. The number of hydrogen-bond acceptors (Lipinski definition) is 7. The maximum Gasteiger partial charge on any atom is 0.257 e. The Hall–Kier alpha value is -1.83. The van der Waals surface area contributed by atoms with Crippen molar-refractivity contribution in [3.05, 3.63) is 45.9 Å². The third kappa shape index (κ3) is 2.75. The van der Waals surface area contributed by atoms with Gasteiger partial charge in [-0.1, -0.05) is 28.5 Å². The van der Waals surface area contributed by atoms with Crippen LogP contribution in [0.25, 0.3) is 22.5 Å². The van der Waals surface area contributed by atoms with Gasteiger partial charge in [0, 0.05) is 16.0 Å². The maximum atomic E-state index is 5.93. The Morgan fingerprint density at radius 3 is 3.05 bits per heavy atom. The molecule has 1 aromatic carbocycles. The van der Waals surface area contributed by atoms with Crippen molar-refractivity contribution >= 4 is 45.8 Å². The van der Waals surface area contributed by atoms with Crippen LogP contribution >= 0.6 is 34.7 Å². The number of oxazole rings is 1. The minimum atomic E-state index is 0.498. The zero-order valence-corrected chi connectivity index (χ0v) is 13.4. The van der Waals surface area contributed by atoms with Gasteiger partial charge < -0.3 is 8.94 Å². The van der Waals surface area contributed by atoms with Gasteiger partial charge >= 0.3 is 0 Å². The van der Waals surface area contributed by atoms with E-state index in [1.807, 2.05) is 16.8 Å². The van der Waals surface area contributed by atoms with Crippen LogP contribution in [0, 0.1) is 0 Å². The molecule has 0 spiro atoms. The van der Waals surface area contributed by atoms with E-state index >= 15 is 0 Å². The lowest BCUT2D eigenvalue weighted by Crippen LogP contribution is -1.81. The number of halogens is 1. The van der Waals surface area contributed by atoms with Crippen LogP contribution in [0.2, 0.25) is 5.02 Å². The molecule has 4 aromatic rings. The molecule has 0 atom stereocenters. The SMILES string of the molecule is Clc1ccc2oc(SCc3nc(-c4ccsc4)no3)nc2c1. The highest BCUT2D eigenvalue weighted by Gasteiger charge is 2.12. The third-order valence-corrected chi connectivity index (χ3v) is 4.63. The van der Waals surface area contributed by atoms with Crippen LogP contribution in [-0.4, -0.2) is 15.1 Å². The van der Waals surface area contributed by atoms with Crippen LogP contribution in [0.4, 0.5) is 0 Å². The zero-order chi connectivity index (χ0) is 14.9. The number of aromatic nitrogens is 3. The number of thiophene rings is 1. The fourth-order valence-electron chi connectivity index (χ4n) is 1.89. The minimum absolute atomic E-state index is 0.498. The Kier molecular flexibility index (Phi) is 3.61. The molecule has 0 aliphatic heterocycles. The first kappa shape index (κ1) is 13.8. The zero-order valence-electron chi connectivity index (χ0n) is 11.0. The Morgan fingerprint density at radius 1 is 1.23 bits per heavy atom. The average molecular weight is 350 g/mol. The molecule has 0 unspecified atom stereocenters. The van der Waals surface area contributed by atoms with Crippen LogP contribution in [0.5, 0.6) is 0 Å². The van der Waals surface area contributed by atoms with Crippen molar-refractivity contribution in [2.45, 2.75) is 11.0 Å². The van der Waals surface area contributed by atoms with Gasteiger partial charge in [0.15, 0.2) is 5.58 Å². The largest absolute Gasteiger partial charge is 0.431 e. The molecular formula is C14H8ClN3O2S2. The number of benzene rings is 1. The van der Waals surface area contributed by atoms with Crippen molar-refractivity contribution in [1.82, 2.24) is 15.1 Å². The smallest absolute Gasteiger partial charge is 0.257 e. The molecule has 5 nitrogen and oxygen atoms in total. The number of fused-ring (bicyclic) bond motifs is 1. The predicted octanol–water partition coefficient (Wildman–Crippen LogP) is 4.89. The first-order valence-corrected chi connectivity index (χ1v) is 8.62. The topological polar surface area (TPSA) is 65.0 Å². The van der Waals surface area contributed by atoms with Gasteiger partial charge in [-0.2, -0.15) is 16.3 Å². The van der Waals surface area contributed by atoms with Crippen molar-refractivity contribution in [2.75, 3.05) is 0 Å². The van der Waals surface area contributed by atoms with Crippen LogP contribution in [0.1, 0.15) is 5.89 Å². The molecule has 0 saturated carbocycles. The molecule has 4 rings (SSSR count). The summed E-state index contributed by atoms with van der Waals surface area (Å²) in [4.78, 5) is 8.72. The Morgan fingerprint density at radius 2 is 2.18 bits per heavy atom. The molecule has 0 radical (unpaired) electrons. The minimum Gasteiger partial charge on any atom is -0.431 e. The standard InChI is InChI=1S/C14H8ClN3O2S2/c15-9-1-2-11-10(5-9)16-14(19-11)22-7-12-17-13(18-20-12)8-3-4-21-6-8/h1-6H,7H2. The number of thioether (sulfide) groups is 1. The van der Waals surface area contributed by atoms with Crippen molar-refractivity contribution < 1.29 is 8.94 Å². The third-order valence-electron chi connectivity index (χ3n) is 2.90. The molecule has 0 aliphatic carbocycles. The summed E-state index contributed by atoms with van der Waals surface area (Å²) >= 11 is 8.93. The Balaban J connectivity index is 1.49. The highest BCUT2D eigenvalue weighted by molar-refractivity contribution is 7.98. The molecule has 0 saturated heterocycles. The Labute approximate surface area is 138 Å². The van der Waals surface area contributed by atoms with Crippen molar-refractivity contribution in [3.63, 3.8) is 0 Å². The summed E-state index contributed by atoms with van der Waals surface area (Å²) in [6.07, 6.45) is 0. The van der Waals surface area contributed by atoms with E-state index in [2.05, 4.69) is 15.1 Å². The Bertz CT molecular complexity index is 917. The number of rotatable bonds is 4. The molecular weight excluding hydrogens is 342 g/mol.